The fourth-order valence-corrected chi connectivity index (χ4v) is 3.02. The molecular weight excluding hydrogens is 310 g/mol. The maximum Gasteiger partial charge on any atom is 0.244 e. The standard InChI is InChI=1S/C21H21N3O/c22-15-18-5-3-4-17(14-18)8-9-21(25)23-11-13-24-12-10-19-6-1-2-7-20(19)16-24/h1-9,14H,10-13,16H2,(H,23,25)/b9-8-. The average Bonchev–Trinajstić information content (AvgIpc) is 2.66. The van der Waals surface area contributed by atoms with Crippen LogP contribution < -0.4 is 5.32 Å². The van der Waals surface area contributed by atoms with Crippen LogP contribution in [0.3, 0.4) is 0 Å². The smallest absolute Gasteiger partial charge is 0.244 e. The van der Waals surface area contributed by atoms with Crippen LogP contribution in [0.2, 0.25) is 0 Å². The summed E-state index contributed by atoms with van der Waals surface area (Å²) in [5.74, 6) is -0.111. The highest BCUT2D eigenvalue weighted by molar-refractivity contribution is 5.91. The van der Waals surface area contributed by atoms with Gasteiger partial charge in [-0.1, -0.05) is 36.4 Å². The Morgan fingerprint density at radius 1 is 1.20 bits per heavy atom. The van der Waals surface area contributed by atoms with E-state index in [1.807, 2.05) is 12.1 Å². The van der Waals surface area contributed by atoms with Gasteiger partial charge in [-0.25, -0.2) is 0 Å². The van der Waals surface area contributed by atoms with Crippen LogP contribution in [-0.2, 0) is 17.8 Å². The number of hydrogen-bond donors (Lipinski definition) is 1. The molecule has 2 aromatic carbocycles. The first kappa shape index (κ1) is 16.9. The number of carbonyl (C=O) groups excluding carboxylic acids is 1. The Labute approximate surface area is 148 Å². The van der Waals surface area contributed by atoms with E-state index in [4.69, 9.17) is 5.26 Å². The van der Waals surface area contributed by atoms with Gasteiger partial charge in [0.15, 0.2) is 0 Å². The monoisotopic (exact) mass is 331 g/mol. The zero-order chi connectivity index (χ0) is 17.5. The van der Waals surface area contributed by atoms with Crippen LogP contribution in [-0.4, -0.2) is 30.4 Å². The summed E-state index contributed by atoms with van der Waals surface area (Å²) >= 11 is 0. The van der Waals surface area contributed by atoms with Crippen LogP contribution in [0.1, 0.15) is 22.3 Å². The fourth-order valence-electron chi connectivity index (χ4n) is 3.02. The topological polar surface area (TPSA) is 56.1 Å². The van der Waals surface area contributed by atoms with E-state index in [0.717, 1.165) is 31.6 Å². The number of carbonyl (C=O) groups is 1. The highest BCUT2D eigenvalue weighted by Crippen LogP contribution is 2.17. The molecule has 0 saturated carbocycles. The zero-order valence-corrected chi connectivity index (χ0v) is 14.1. The molecule has 0 fully saturated rings. The van der Waals surface area contributed by atoms with Crippen molar-refractivity contribution in [2.75, 3.05) is 19.6 Å². The maximum atomic E-state index is 11.9. The Morgan fingerprint density at radius 2 is 2.04 bits per heavy atom. The fraction of sp³-hybridized carbons (Fsp3) is 0.238. The van der Waals surface area contributed by atoms with Gasteiger partial charge in [-0.05, 0) is 41.3 Å². The van der Waals surface area contributed by atoms with Gasteiger partial charge in [-0.15, -0.1) is 0 Å². The predicted molar refractivity (Wildman–Crippen MR) is 98.6 cm³/mol. The van der Waals surface area contributed by atoms with E-state index < -0.39 is 0 Å². The summed E-state index contributed by atoms with van der Waals surface area (Å²) in [4.78, 5) is 14.3. The van der Waals surface area contributed by atoms with Gasteiger partial charge in [0, 0.05) is 32.3 Å². The lowest BCUT2D eigenvalue weighted by Gasteiger charge is -2.28. The van der Waals surface area contributed by atoms with Crippen molar-refractivity contribution >= 4 is 12.0 Å². The lowest BCUT2D eigenvalue weighted by atomic mass is 10.00. The van der Waals surface area contributed by atoms with Crippen LogP contribution in [0.4, 0.5) is 0 Å². The molecule has 1 aliphatic heterocycles. The van der Waals surface area contributed by atoms with Gasteiger partial charge in [-0.3, -0.25) is 9.69 Å². The third-order valence-corrected chi connectivity index (χ3v) is 4.38. The maximum absolute atomic E-state index is 11.9. The molecule has 25 heavy (non-hydrogen) atoms. The van der Waals surface area contributed by atoms with Crippen LogP contribution in [0.15, 0.2) is 54.6 Å². The molecule has 1 heterocycles. The van der Waals surface area contributed by atoms with Crippen molar-refractivity contribution in [3.8, 4) is 6.07 Å². The predicted octanol–water partition coefficient (Wildman–Crippen LogP) is 2.75. The third kappa shape index (κ3) is 4.79. The number of nitrogens with one attached hydrogen (secondary N) is 1. The second kappa shape index (κ2) is 8.27. The number of benzene rings is 2. The van der Waals surface area contributed by atoms with Crippen LogP contribution >= 0.6 is 0 Å². The molecule has 0 atom stereocenters. The molecule has 3 rings (SSSR count). The number of nitrogens with zero attached hydrogens (tertiary/aromatic N) is 2. The van der Waals surface area contributed by atoms with Gasteiger partial charge in [-0.2, -0.15) is 5.26 Å². The average molecular weight is 331 g/mol. The van der Waals surface area contributed by atoms with Crippen LogP contribution in [0.25, 0.3) is 6.08 Å². The van der Waals surface area contributed by atoms with Crippen molar-refractivity contribution in [2.45, 2.75) is 13.0 Å². The molecular formula is C21H21N3O. The summed E-state index contributed by atoms with van der Waals surface area (Å²) in [6.07, 6.45) is 4.31. The molecule has 0 aromatic heterocycles. The Hall–Kier alpha value is -2.90. The molecule has 0 spiro atoms. The van der Waals surface area contributed by atoms with Crippen LogP contribution in [0, 0.1) is 11.3 Å². The van der Waals surface area contributed by atoms with Crippen molar-refractivity contribution in [1.82, 2.24) is 10.2 Å². The van der Waals surface area contributed by atoms with E-state index in [1.54, 1.807) is 18.2 Å². The van der Waals surface area contributed by atoms with E-state index in [-0.39, 0.29) is 5.91 Å². The third-order valence-electron chi connectivity index (χ3n) is 4.38. The van der Waals surface area contributed by atoms with Crippen molar-refractivity contribution < 1.29 is 4.79 Å². The summed E-state index contributed by atoms with van der Waals surface area (Å²) in [5.41, 5.74) is 4.26. The van der Waals surface area contributed by atoms with Crippen molar-refractivity contribution in [2.24, 2.45) is 0 Å². The first-order chi connectivity index (χ1) is 12.2. The summed E-state index contributed by atoms with van der Waals surface area (Å²) in [7, 11) is 0. The minimum atomic E-state index is -0.111. The second-order valence-corrected chi connectivity index (χ2v) is 6.16. The van der Waals surface area contributed by atoms with E-state index in [9.17, 15) is 4.79 Å². The minimum absolute atomic E-state index is 0.111. The van der Waals surface area contributed by atoms with Gasteiger partial charge >= 0.3 is 0 Å². The molecule has 1 amide bonds. The summed E-state index contributed by atoms with van der Waals surface area (Å²) < 4.78 is 0. The molecule has 126 valence electrons. The summed E-state index contributed by atoms with van der Waals surface area (Å²) in [6.45, 7) is 3.45. The van der Waals surface area contributed by atoms with Crippen LogP contribution in [0.5, 0.6) is 0 Å². The van der Waals surface area contributed by atoms with Crippen molar-refractivity contribution in [3.63, 3.8) is 0 Å². The highest BCUT2D eigenvalue weighted by Gasteiger charge is 2.14. The summed E-state index contributed by atoms with van der Waals surface area (Å²) in [5, 5.41) is 11.8. The highest BCUT2D eigenvalue weighted by atomic mass is 16.1. The molecule has 2 aromatic rings. The number of amides is 1. The lowest BCUT2D eigenvalue weighted by Crippen LogP contribution is -2.37. The molecule has 0 bridgehead atoms. The normalized spacial score (nSPS) is 14.0. The Kier molecular flexibility index (Phi) is 5.61. The lowest BCUT2D eigenvalue weighted by molar-refractivity contribution is -0.116. The quantitative estimate of drug-likeness (QED) is 0.857. The molecule has 1 aliphatic rings. The Balaban J connectivity index is 1.44. The van der Waals surface area contributed by atoms with Crippen molar-refractivity contribution in [1.29, 1.82) is 5.26 Å². The van der Waals surface area contributed by atoms with Gasteiger partial charge in [0.25, 0.3) is 0 Å². The molecule has 0 saturated heterocycles. The van der Waals surface area contributed by atoms with Crippen molar-refractivity contribution in [3.05, 3.63) is 76.9 Å². The SMILES string of the molecule is N#Cc1cccc(/C=C\C(=O)NCCN2CCc3ccccc3C2)c1. The molecule has 1 N–H and O–H groups in total. The second-order valence-electron chi connectivity index (χ2n) is 6.16. The number of fused-ring (bicyclic) bond motifs is 1. The van der Waals surface area contributed by atoms with Gasteiger partial charge < -0.3 is 5.32 Å². The van der Waals surface area contributed by atoms with E-state index in [1.165, 1.54) is 17.2 Å². The Bertz CT molecular complexity index is 820. The first-order valence-corrected chi connectivity index (χ1v) is 8.50. The van der Waals surface area contributed by atoms with Gasteiger partial charge in [0.1, 0.15) is 0 Å². The first-order valence-electron chi connectivity index (χ1n) is 8.50. The van der Waals surface area contributed by atoms with E-state index >= 15 is 0 Å². The largest absolute Gasteiger partial charge is 0.351 e. The number of nitriles is 1. The van der Waals surface area contributed by atoms with Gasteiger partial charge in [0.2, 0.25) is 5.91 Å². The number of hydrogen-bond acceptors (Lipinski definition) is 3. The number of rotatable bonds is 5. The van der Waals surface area contributed by atoms with E-state index in [2.05, 4.69) is 40.6 Å². The molecule has 0 unspecified atom stereocenters. The minimum Gasteiger partial charge on any atom is -0.351 e. The zero-order valence-electron chi connectivity index (χ0n) is 14.1. The Morgan fingerprint density at radius 3 is 2.88 bits per heavy atom. The van der Waals surface area contributed by atoms with E-state index in [0.29, 0.717) is 12.1 Å². The summed E-state index contributed by atoms with van der Waals surface area (Å²) in [6, 6.07) is 17.8. The molecule has 0 radical (unpaired) electrons. The molecule has 4 heteroatoms. The molecule has 4 nitrogen and oxygen atoms in total. The molecule has 0 aliphatic carbocycles. The van der Waals surface area contributed by atoms with Gasteiger partial charge in [0.05, 0.1) is 11.6 Å².